The summed E-state index contributed by atoms with van der Waals surface area (Å²) < 4.78 is 6.93. The van der Waals surface area contributed by atoms with Gasteiger partial charge >= 0.3 is 0 Å². The summed E-state index contributed by atoms with van der Waals surface area (Å²) in [5.74, 6) is 2.13. The Morgan fingerprint density at radius 3 is 0.984 bits per heavy atom. The Bertz CT molecular complexity index is 1920. The third-order valence-corrected chi connectivity index (χ3v) is 14.7. The van der Waals surface area contributed by atoms with Crippen LogP contribution < -0.4 is 4.74 Å². The topological polar surface area (TPSA) is 9.23 Å². The molecule has 1 aliphatic heterocycles. The third kappa shape index (κ3) is 15.8. The van der Waals surface area contributed by atoms with E-state index in [4.69, 9.17) is 4.74 Å². The number of unbranched alkanes of at least 4 members (excludes halogenated alkanes) is 27. The van der Waals surface area contributed by atoms with Crippen molar-refractivity contribution in [2.75, 3.05) is 0 Å². The minimum atomic E-state index is 0.109. The summed E-state index contributed by atoms with van der Waals surface area (Å²) in [7, 11) is 0. The van der Waals surface area contributed by atoms with E-state index in [1.165, 1.54) is 267 Å². The Balaban J connectivity index is 1.15. The first-order chi connectivity index (χ1) is 31.7. The highest BCUT2D eigenvalue weighted by Gasteiger charge is 2.32. The van der Waals surface area contributed by atoms with Crippen molar-refractivity contribution >= 4 is 21.5 Å². The summed E-state index contributed by atoms with van der Waals surface area (Å²) in [6.45, 7) is 6.92. The van der Waals surface area contributed by atoms with E-state index in [1.807, 2.05) is 0 Å². The fraction of sp³-hybridized carbons (Fsp3) is 0.587. The molecule has 1 heteroatoms. The van der Waals surface area contributed by atoms with E-state index in [0.717, 1.165) is 11.5 Å². The molecule has 0 aliphatic carbocycles. The zero-order valence-electron chi connectivity index (χ0n) is 41.4. The molecule has 0 aromatic heterocycles. The van der Waals surface area contributed by atoms with Crippen molar-refractivity contribution in [2.45, 2.75) is 239 Å². The SMILES string of the molecule is CCCCCCCCCCCCc1ccc(C2c3c(ccc4cc(CCCCCCCCCCCC)ccc34)Oc3ccc4cc(CCCCCCCCCCCC)ccc4c32)cc1. The van der Waals surface area contributed by atoms with Gasteiger partial charge in [-0.3, -0.25) is 0 Å². The second-order valence-corrected chi connectivity index (χ2v) is 20.1. The smallest absolute Gasteiger partial charge is 0.132 e. The average Bonchev–Trinajstić information content (AvgIpc) is 3.32. The van der Waals surface area contributed by atoms with Crippen LogP contribution in [-0.2, 0) is 19.3 Å². The predicted molar refractivity (Wildman–Crippen MR) is 282 cm³/mol. The Morgan fingerprint density at radius 2 is 0.625 bits per heavy atom. The first kappa shape index (κ1) is 49.8. The maximum Gasteiger partial charge on any atom is 0.132 e. The molecule has 0 saturated heterocycles. The quantitative estimate of drug-likeness (QED) is 0.0367. The largest absolute Gasteiger partial charge is 0.457 e. The molecule has 0 fully saturated rings. The zero-order chi connectivity index (χ0) is 44.4. The summed E-state index contributed by atoms with van der Waals surface area (Å²) in [4.78, 5) is 0. The van der Waals surface area contributed by atoms with Crippen molar-refractivity contribution in [2.24, 2.45) is 0 Å². The lowest BCUT2D eigenvalue weighted by atomic mass is 9.78. The molecular formula is C63H90O. The summed E-state index contributed by atoms with van der Waals surface area (Å²) in [5, 5.41) is 5.36. The first-order valence-corrected chi connectivity index (χ1v) is 27.6. The molecule has 1 aliphatic rings. The van der Waals surface area contributed by atoms with Gasteiger partial charge in [0.2, 0.25) is 0 Å². The lowest BCUT2D eigenvalue weighted by molar-refractivity contribution is 0.456. The van der Waals surface area contributed by atoms with Gasteiger partial charge in [-0.2, -0.15) is 0 Å². The third-order valence-electron chi connectivity index (χ3n) is 14.7. The monoisotopic (exact) mass is 863 g/mol. The van der Waals surface area contributed by atoms with E-state index in [0.29, 0.717) is 0 Å². The molecule has 0 unspecified atom stereocenters. The van der Waals surface area contributed by atoms with Crippen molar-refractivity contribution in [3.05, 3.63) is 118 Å². The van der Waals surface area contributed by atoms with Gasteiger partial charge in [0.15, 0.2) is 0 Å². The zero-order valence-corrected chi connectivity index (χ0v) is 41.4. The average molecular weight is 863 g/mol. The molecule has 0 radical (unpaired) electrons. The highest BCUT2D eigenvalue weighted by Crippen LogP contribution is 2.52. The molecule has 1 nitrogen and oxygen atoms in total. The van der Waals surface area contributed by atoms with Crippen LogP contribution in [0.25, 0.3) is 21.5 Å². The van der Waals surface area contributed by atoms with Crippen LogP contribution in [0.3, 0.4) is 0 Å². The summed E-state index contributed by atoms with van der Waals surface area (Å²) >= 11 is 0. The van der Waals surface area contributed by atoms with E-state index in [-0.39, 0.29) is 5.92 Å². The van der Waals surface area contributed by atoms with Gasteiger partial charge in [-0.25, -0.2) is 0 Å². The standard InChI is InChI=1S/C63H90O/c1-4-7-10-13-16-19-22-25-28-31-34-51-37-41-54(42-38-51)61-62-57-45-39-52(35-32-29-26-23-20-17-14-11-8-5-2)49-55(57)43-47-59(62)64-60-48-44-56-50-53(40-46-58(56)63(60)61)36-33-30-27-24-21-18-15-12-9-6-3/h37-50,61H,4-36H2,1-3H3. The first-order valence-electron chi connectivity index (χ1n) is 27.6. The molecule has 0 spiro atoms. The van der Waals surface area contributed by atoms with E-state index >= 15 is 0 Å². The molecule has 0 saturated carbocycles. The van der Waals surface area contributed by atoms with Gasteiger partial charge in [-0.05, 0) is 94.5 Å². The van der Waals surface area contributed by atoms with E-state index < -0.39 is 0 Å². The second-order valence-electron chi connectivity index (χ2n) is 20.1. The molecule has 5 aromatic carbocycles. The number of fused-ring (bicyclic) bond motifs is 6. The Morgan fingerprint density at radius 1 is 0.312 bits per heavy atom. The summed E-state index contributed by atoms with van der Waals surface area (Å²) in [6, 6.07) is 33.6. The molecule has 6 rings (SSSR count). The molecule has 5 aromatic rings. The van der Waals surface area contributed by atoms with Crippen molar-refractivity contribution in [1.82, 2.24) is 0 Å². The molecular weight excluding hydrogens is 773 g/mol. The minimum absolute atomic E-state index is 0.109. The number of aryl methyl sites for hydroxylation is 3. The maximum absolute atomic E-state index is 6.93. The predicted octanol–water partition coefficient (Wildman–Crippen LogP) is 20.7. The molecule has 0 N–H and O–H groups in total. The molecule has 1 heterocycles. The van der Waals surface area contributed by atoms with Crippen LogP contribution >= 0.6 is 0 Å². The normalized spacial score (nSPS) is 12.5. The van der Waals surface area contributed by atoms with E-state index in [2.05, 4.69) is 106 Å². The lowest BCUT2D eigenvalue weighted by Crippen LogP contribution is -2.13. The molecule has 64 heavy (non-hydrogen) atoms. The van der Waals surface area contributed by atoms with Crippen molar-refractivity contribution in [3.63, 3.8) is 0 Å². The molecule has 0 amide bonds. The van der Waals surface area contributed by atoms with Gasteiger partial charge in [0.05, 0.1) is 0 Å². The highest BCUT2D eigenvalue weighted by molar-refractivity contribution is 5.95. The van der Waals surface area contributed by atoms with Crippen molar-refractivity contribution in [3.8, 4) is 11.5 Å². The molecule has 0 atom stereocenters. The fourth-order valence-electron chi connectivity index (χ4n) is 10.8. The second kappa shape index (κ2) is 29.1. The Labute approximate surface area is 393 Å². The number of rotatable bonds is 34. The van der Waals surface area contributed by atoms with Crippen LogP contribution in [-0.4, -0.2) is 0 Å². The summed E-state index contributed by atoms with van der Waals surface area (Å²) in [5.41, 5.74) is 8.45. The van der Waals surface area contributed by atoms with Gasteiger partial charge in [-0.15, -0.1) is 0 Å². The van der Waals surface area contributed by atoms with Crippen LogP contribution in [0.2, 0.25) is 0 Å². The minimum Gasteiger partial charge on any atom is -0.457 e. The van der Waals surface area contributed by atoms with Crippen LogP contribution in [0, 0.1) is 0 Å². The number of hydrogen-bond donors (Lipinski definition) is 0. The van der Waals surface area contributed by atoms with Gasteiger partial charge < -0.3 is 4.74 Å². The van der Waals surface area contributed by atoms with Crippen molar-refractivity contribution < 1.29 is 4.74 Å². The molecule has 0 bridgehead atoms. The van der Waals surface area contributed by atoms with Crippen LogP contribution in [0.1, 0.15) is 253 Å². The number of hydrogen-bond acceptors (Lipinski definition) is 1. The van der Waals surface area contributed by atoms with Crippen LogP contribution in [0.5, 0.6) is 11.5 Å². The van der Waals surface area contributed by atoms with E-state index in [1.54, 1.807) is 0 Å². The number of ether oxygens (including phenoxy) is 1. The van der Waals surface area contributed by atoms with Crippen LogP contribution in [0.15, 0.2) is 84.9 Å². The van der Waals surface area contributed by atoms with Gasteiger partial charge in [-0.1, -0.05) is 267 Å². The highest BCUT2D eigenvalue weighted by atomic mass is 16.5. The van der Waals surface area contributed by atoms with E-state index in [9.17, 15) is 0 Å². The van der Waals surface area contributed by atoms with Crippen LogP contribution in [0.4, 0.5) is 0 Å². The maximum atomic E-state index is 6.93. The lowest BCUT2D eigenvalue weighted by Gasteiger charge is -2.31. The van der Waals surface area contributed by atoms with Crippen molar-refractivity contribution in [1.29, 1.82) is 0 Å². The van der Waals surface area contributed by atoms with Gasteiger partial charge in [0.1, 0.15) is 11.5 Å². The molecule has 348 valence electrons. The summed E-state index contributed by atoms with van der Waals surface area (Å²) in [6.07, 6.45) is 45.0. The Hall–Kier alpha value is -3.58. The van der Waals surface area contributed by atoms with Gasteiger partial charge in [0.25, 0.3) is 0 Å². The fourth-order valence-corrected chi connectivity index (χ4v) is 10.8. The number of benzene rings is 5. The van der Waals surface area contributed by atoms with Gasteiger partial charge in [0, 0.05) is 17.0 Å². The Kier molecular flexibility index (Phi) is 22.7.